The summed E-state index contributed by atoms with van der Waals surface area (Å²) >= 11 is 0. The zero-order chi connectivity index (χ0) is 22.8. The van der Waals surface area contributed by atoms with E-state index in [1.54, 1.807) is 32.0 Å². The van der Waals surface area contributed by atoms with Gasteiger partial charge in [0.1, 0.15) is 11.5 Å². The van der Waals surface area contributed by atoms with Gasteiger partial charge in [-0.2, -0.15) is 0 Å². The minimum absolute atomic E-state index is 0.234. The summed E-state index contributed by atoms with van der Waals surface area (Å²) in [6, 6.07) is 10.3. The summed E-state index contributed by atoms with van der Waals surface area (Å²) in [7, 11) is 1.53. The predicted molar refractivity (Wildman–Crippen MR) is 107 cm³/mol. The fraction of sp³-hybridized carbons (Fsp3) is 0.333. The molecule has 10 heteroatoms. The van der Waals surface area contributed by atoms with Crippen LogP contribution in [0.4, 0.5) is 13.2 Å². The van der Waals surface area contributed by atoms with Gasteiger partial charge in [0, 0.05) is 16.7 Å². The van der Waals surface area contributed by atoms with Crippen molar-refractivity contribution in [2.24, 2.45) is 5.16 Å². The summed E-state index contributed by atoms with van der Waals surface area (Å²) < 4.78 is 46.4. The van der Waals surface area contributed by atoms with Crippen LogP contribution >= 0.6 is 0 Å². The average molecular weight is 437 g/mol. The van der Waals surface area contributed by atoms with E-state index in [-0.39, 0.29) is 11.6 Å². The Bertz CT molecular complexity index is 988. The van der Waals surface area contributed by atoms with E-state index < -0.39 is 18.0 Å². The smallest absolute Gasteiger partial charge is 0.496 e. The highest BCUT2D eigenvalue weighted by Crippen LogP contribution is 2.29. The molecule has 0 saturated heterocycles. The Morgan fingerprint density at radius 1 is 1.19 bits per heavy atom. The third-order valence-electron chi connectivity index (χ3n) is 4.62. The number of amidine groups is 1. The molecular formula is C21H22F3N3O4. The quantitative estimate of drug-likeness (QED) is 0.732. The monoisotopic (exact) mass is 437 g/mol. The Morgan fingerprint density at radius 3 is 2.45 bits per heavy atom. The second-order valence-electron chi connectivity index (χ2n) is 7.14. The van der Waals surface area contributed by atoms with Gasteiger partial charge in [-0.1, -0.05) is 18.1 Å². The summed E-state index contributed by atoms with van der Waals surface area (Å²) in [5, 5.41) is 5.43. The topological polar surface area (TPSA) is 72.4 Å². The first-order chi connectivity index (χ1) is 14.6. The zero-order valence-electron chi connectivity index (χ0n) is 17.4. The van der Waals surface area contributed by atoms with Crippen molar-refractivity contribution in [2.75, 3.05) is 7.11 Å². The Kier molecular flexibility index (Phi) is 6.01. The minimum Gasteiger partial charge on any atom is -0.496 e. The number of oxime groups is 1. The van der Waals surface area contributed by atoms with Crippen LogP contribution in [0.15, 0.2) is 47.6 Å². The molecule has 3 rings (SSSR count). The number of nitrogens with zero attached hydrogens (tertiary/aromatic N) is 2. The van der Waals surface area contributed by atoms with Gasteiger partial charge in [-0.25, -0.2) is 5.01 Å². The van der Waals surface area contributed by atoms with Crippen LogP contribution in [0, 0.1) is 0 Å². The van der Waals surface area contributed by atoms with E-state index in [0.717, 1.165) is 17.7 Å². The second-order valence-corrected chi connectivity index (χ2v) is 7.14. The summed E-state index contributed by atoms with van der Waals surface area (Å²) in [4.78, 5) is 18.5. The molecule has 2 aromatic rings. The number of ether oxygens (including phenoxy) is 2. The van der Waals surface area contributed by atoms with Crippen LogP contribution in [0.1, 0.15) is 42.3 Å². The summed E-state index contributed by atoms with van der Waals surface area (Å²) in [6.07, 6.45) is -4.21. The van der Waals surface area contributed by atoms with Crippen molar-refractivity contribution in [1.29, 1.82) is 0 Å². The molecule has 1 aliphatic rings. The fourth-order valence-corrected chi connectivity index (χ4v) is 3.16. The van der Waals surface area contributed by atoms with Gasteiger partial charge in [0.2, 0.25) is 5.72 Å². The first-order valence-electron chi connectivity index (χ1n) is 9.45. The molecule has 2 aromatic carbocycles. The van der Waals surface area contributed by atoms with Gasteiger partial charge in [-0.05, 0) is 56.7 Å². The number of carbonyl (C=O) groups is 1. The molecule has 0 radical (unpaired) electrons. The van der Waals surface area contributed by atoms with E-state index in [2.05, 4.69) is 15.3 Å². The summed E-state index contributed by atoms with van der Waals surface area (Å²) in [5.74, 6) is 0.0627. The maximum Gasteiger partial charge on any atom is 0.573 e. The summed E-state index contributed by atoms with van der Waals surface area (Å²) in [5.41, 5.74) is 3.36. The van der Waals surface area contributed by atoms with Gasteiger partial charge in [0.15, 0.2) is 5.84 Å². The number of methoxy groups -OCH3 is 1. The highest BCUT2D eigenvalue weighted by molar-refractivity contribution is 6.03. The number of amides is 1. The van der Waals surface area contributed by atoms with E-state index >= 15 is 0 Å². The van der Waals surface area contributed by atoms with Gasteiger partial charge in [0.25, 0.3) is 5.91 Å². The lowest BCUT2D eigenvalue weighted by Crippen LogP contribution is -2.54. The third kappa shape index (κ3) is 4.84. The molecular weight excluding hydrogens is 415 g/mol. The number of hydrogen-bond acceptors (Lipinski definition) is 6. The lowest BCUT2D eigenvalue weighted by atomic mass is 10.0. The van der Waals surface area contributed by atoms with Gasteiger partial charge in [-0.3, -0.25) is 10.2 Å². The third-order valence-corrected chi connectivity index (χ3v) is 4.62. The molecule has 166 valence electrons. The molecule has 0 atom stereocenters. The lowest BCUT2D eigenvalue weighted by molar-refractivity contribution is -0.274. The number of benzene rings is 2. The van der Waals surface area contributed by atoms with E-state index in [4.69, 9.17) is 9.57 Å². The fourth-order valence-electron chi connectivity index (χ4n) is 3.16. The van der Waals surface area contributed by atoms with Gasteiger partial charge < -0.3 is 14.3 Å². The molecule has 1 amide bonds. The zero-order valence-corrected chi connectivity index (χ0v) is 17.4. The van der Waals surface area contributed by atoms with Crippen molar-refractivity contribution >= 4 is 11.7 Å². The van der Waals surface area contributed by atoms with E-state index in [1.165, 1.54) is 24.3 Å². The van der Waals surface area contributed by atoms with Crippen LogP contribution in [0.25, 0.3) is 0 Å². The molecule has 0 saturated carbocycles. The molecule has 0 bridgehead atoms. The van der Waals surface area contributed by atoms with Crippen molar-refractivity contribution in [3.8, 4) is 11.5 Å². The number of halogens is 3. The second kappa shape index (κ2) is 8.37. The number of alkyl halides is 3. The van der Waals surface area contributed by atoms with Gasteiger partial charge in [0.05, 0.1) is 7.11 Å². The van der Waals surface area contributed by atoms with E-state index in [1.807, 2.05) is 6.92 Å². The van der Waals surface area contributed by atoms with Gasteiger partial charge >= 0.3 is 6.36 Å². The molecule has 7 nitrogen and oxygen atoms in total. The minimum atomic E-state index is -4.79. The number of hydrogen-bond donors (Lipinski definition) is 1. The van der Waals surface area contributed by atoms with Crippen molar-refractivity contribution in [2.45, 2.75) is 39.3 Å². The first-order valence-corrected chi connectivity index (χ1v) is 9.45. The number of carbonyl (C=O) groups excluding carboxylic acids is 1. The largest absolute Gasteiger partial charge is 0.573 e. The summed E-state index contributed by atoms with van der Waals surface area (Å²) in [6.45, 7) is 5.30. The van der Waals surface area contributed by atoms with E-state index in [0.29, 0.717) is 23.3 Å². The van der Waals surface area contributed by atoms with Crippen LogP contribution in [0.3, 0.4) is 0 Å². The molecule has 0 aromatic heterocycles. The normalized spacial score (nSPS) is 15.2. The van der Waals surface area contributed by atoms with Crippen LogP contribution in [-0.2, 0) is 11.3 Å². The standard InChI is InChI=1S/C21H22F3N3O4/c1-5-15-16(7-6-8-17(15)29-4)19(28)25-27-18(26-31-20(27,2)3)13-9-11-14(12-10-13)30-21(22,23)24/h6-12H,5H2,1-4H3,(H,25,28). The lowest BCUT2D eigenvalue weighted by Gasteiger charge is -2.31. The highest BCUT2D eigenvalue weighted by Gasteiger charge is 2.40. The first kappa shape index (κ1) is 22.3. The van der Waals surface area contributed by atoms with Crippen LogP contribution < -0.4 is 14.9 Å². The van der Waals surface area contributed by atoms with E-state index in [9.17, 15) is 18.0 Å². The Labute approximate surface area is 177 Å². The predicted octanol–water partition coefficient (Wildman–Crippen LogP) is 4.23. The molecule has 0 spiro atoms. The maximum absolute atomic E-state index is 13.1. The van der Waals surface area contributed by atoms with Gasteiger partial charge in [-0.15, -0.1) is 13.2 Å². The molecule has 0 aliphatic carbocycles. The molecule has 1 heterocycles. The molecule has 31 heavy (non-hydrogen) atoms. The van der Waals surface area contributed by atoms with Crippen molar-refractivity contribution in [1.82, 2.24) is 10.4 Å². The Balaban J connectivity index is 1.86. The highest BCUT2D eigenvalue weighted by atomic mass is 19.4. The molecule has 0 fully saturated rings. The molecule has 1 aliphatic heterocycles. The van der Waals surface area contributed by atoms with Crippen LogP contribution in [-0.4, -0.2) is 35.9 Å². The molecule has 0 unspecified atom stereocenters. The van der Waals surface area contributed by atoms with Crippen LogP contribution in [0.2, 0.25) is 0 Å². The molecule has 1 N–H and O–H groups in total. The SMILES string of the molecule is CCc1c(OC)cccc1C(=O)NN1C(c2ccc(OC(F)(F)F)cc2)=NOC1(C)C. The number of hydrazine groups is 1. The number of nitrogens with one attached hydrogen (secondary N) is 1. The average Bonchev–Trinajstić information content (AvgIpc) is 3.00. The Morgan fingerprint density at radius 2 is 1.87 bits per heavy atom. The van der Waals surface area contributed by atoms with Crippen molar-refractivity contribution in [3.63, 3.8) is 0 Å². The number of rotatable bonds is 6. The van der Waals surface area contributed by atoms with Crippen LogP contribution in [0.5, 0.6) is 11.5 Å². The Hall–Kier alpha value is -3.43. The maximum atomic E-state index is 13.1. The van der Waals surface area contributed by atoms with Crippen molar-refractivity contribution < 1.29 is 32.3 Å². The van der Waals surface area contributed by atoms with Crippen molar-refractivity contribution in [3.05, 3.63) is 59.2 Å².